The molecule has 2 aliphatic rings. The lowest BCUT2D eigenvalue weighted by Gasteiger charge is -2.31. The lowest BCUT2D eigenvalue weighted by atomic mass is 9.72. The molecule has 0 saturated heterocycles. The molecule has 2 aromatic rings. The maximum atomic E-state index is 13.9. The van der Waals surface area contributed by atoms with Gasteiger partial charge in [0.15, 0.2) is 11.2 Å². The number of hydrogen-bond acceptors (Lipinski definition) is 7. The third-order valence-electron chi connectivity index (χ3n) is 4.37. The van der Waals surface area contributed by atoms with Crippen molar-refractivity contribution < 1.29 is 23.4 Å². The van der Waals surface area contributed by atoms with E-state index in [9.17, 15) is 24.3 Å². The van der Waals surface area contributed by atoms with Crippen molar-refractivity contribution in [2.45, 2.75) is 12.0 Å². The molecule has 0 radical (unpaired) electrons. The van der Waals surface area contributed by atoms with Crippen molar-refractivity contribution in [3.63, 3.8) is 0 Å². The second-order valence-electron chi connectivity index (χ2n) is 5.74. The van der Waals surface area contributed by atoms with Crippen LogP contribution in [0.2, 0.25) is 0 Å². The zero-order chi connectivity index (χ0) is 18.6. The van der Waals surface area contributed by atoms with Gasteiger partial charge in [-0.05, 0) is 18.2 Å². The standard InChI is InChI=1S/C17H10FN3O5/c18-7-1-2-11-9(3-7)17(16(24)21-11)10(5-19)15(20)26-13-12(23)4-8(6-22)25-14(13)17/h1-4,22H,6,20H2,(H,21,24). The monoisotopic (exact) mass is 355 g/mol. The van der Waals surface area contributed by atoms with E-state index >= 15 is 0 Å². The third-order valence-corrected chi connectivity index (χ3v) is 4.37. The number of fused-ring (bicyclic) bond motifs is 4. The molecule has 0 fully saturated rings. The van der Waals surface area contributed by atoms with Crippen molar-refractivity contribution in [3.8, 4) is 11.8 Å². The summed E-state index contributed by atoms with van der Waals surface area (Å²) in [7, 11) is 0. The number of carbonyl (C=O) groups excluding carboxylic acids is 1. The number of carbonyl (C=O) groups is 1. The molecule has 9 heteroatoms. The minimum Gasteiger partial charge on any atom is -0.457 e. The predicted octanol–water partition coefficient (Wildman–Crippen LogP) is 0.596. The molecule has 0 aliphatic carbocycles. The van der Waals surface area contributed by atoms with Gasteiger partial charge >= 0.3 is 0 Å². The van der Waals surface area contributed by atoms with Crippen molar-refractivity contribution in [1.82, 2.24) is 0 Å². The van der Waals surface area contributed by atoms with Crippen LogP contribution in [0, 0.1) is 17.1 Å². The molecule has 2 aliphatic heterocycles. The summed E-state index contributed by atoms with van der Waals surface area (Å²) in [6.07, 6.45) is 0. The molecule has 3 heterocycles. The number of ether oxygens (including phenoxy) is 1. The van der Waals surface area contributed by atoms with E-state index in [2.05, 4.69) is 5.32 Å². The quantitative estimate of drug-likeness (QED) is 0.680. The van der Waals surface area contributed by atoms with Crippen molar-refractivity contribution in [2.75, 3.05) is 5.32 Å². The Morgan fingerprint density at radius 2 is 2.12 bits per heavy atom. The van der Waals surface area contributed by atoms with E-state index in [0.29, 0.717) is 0 Å². The molecule has 1 amide bonds. The van der Waals surface area contributed by atoms with Gasteiger partial charge in [0.1, 0.15) is 29.8 Å². The van der Waals surface area contributed by atoms with E-state index in [1.807, 2.05) is 0 Å². The fourth-order valence-corrected chi connectivity index (χ4v) is 3.30. The number of amides is 1. The summed E-state index contributed by atoms with van der Waals surface area (Å²) in [5.41, 5.74) is 3.05. The Morgan fingerprint density at radius 3 is 2.81 bits per heavy atom. The first-order valence-electron chi connectivity index (χ1n) is 7.41. The van der Waals surface area contributed by atoms with Gasteiger partial charge in [-0.1, -0.05) is 0 Å². The van der Waals surface area contributed by atoms with Gasteiger partial charge in [-0.3, -0.25) is 9.59 Å². The number of nitrogens with zero attached hydrogens (tertiary/aromatic N) is 1. The molecule has 130 valence electrons. The molecule has 1 unspecified atom stereocenters. The zero-order valence-corrected chi connectivity index (χ0v) is 13.0. The van der Waals surface area contributed by atoms with Crippen LogP contribution >= 0.6 is 0 Å². The minimum absolute atomic E-state index is 0.0600. The molecular formula is C17H10FN3O5. The van der Waals surface area contributed by atoms with E-state index in [4.69, 9.17) is 14.9 Å². The average Bonchev–Trinajstić information content (AvgIpc) is 2.89. The van der Waals surface area contributed by atoms with Crippen LogP contribution in [0.25, 0.3) is 0 Å². The highest BCUT2D eigenvalue weighted by atomic mass is 19.1. The number of nitrogens with one attached hydrogen (secondary N) is 1. The highest BCUT2D eigenvalue weighted by Gasteiger charge is 2.59. The molecule has 1 atom stereocenters. The number of benzene rings is 1. The van der Waals surface area contributed by atoms with Gasteiger partial charge in [-0.2, -0.15) is 5.26 Å². The van der Waals surface area contributed by atoms with Gasteiger partial charge in [-0.25, -0.2) is 4.39 Å². The Bertz CT molecular complexity index is 1110. The lowest BCUT2D eigenvalue weighted by Crippen LogP contribution is -2.43. The first kappa shape index (κ1) is 15.9. The number of anilines is 1. The Balaban J connectivity index is 2.20. The van der Waals surface area contributed by atoms with Crippen molar-refractivity contribution in [2.24, 2.45) is 5.73 Å². The van der Waals surface area contributed by atoms with Gasteiger partial charge in [0.25, 0.3) is 0 Å². The molecule has 4 rings (SSSR count). The smallest absolute Gasteiger partial charge is 0.248 e. The van der Waals surface area contributed by atoms with E-state index < -0.39 is 40.8 Å². The van der Waals surface area contributed by atoms with Gasteiger partial charge in [-0.15, -0.1) is 0 Å². The van der Waals surface area contributed by atoms with Gasteiger partial charge in [0.2, 0.25) is 23.0 Å². The third kappa shape index (κ3) is 1.79. The molecule has 1 aromatic heterocycles. The highest BCUT2D eigenvalue weighted by Crippen LogP contribution is 2.52. The fraction of sp³-hybridized carbons (Fsp3) is 0.118. The summed E-state index contributed by atoms with van der Waals surface area (Å²) in [5, 5.41) is 21.5. The van der Waals surface area contributed by atoms with Crippen LogP contribution < -0.4 is 21.2 Å². The lowest BCUT2D eigenvalue weighted by molar-refractivity contribution is -0.119. The molecule has 26 heavy (non-hydrogen) atoms. The Hall–Kier alpha value is -3.64. The maximum absolute atomic E-state index is 13.9. The highest BCUT2D eigenvalue weighted by molar-refractivity contribution is 6.12. The summed E-state index contributed by atoms with van der Waals surface area (Å²) < 4.78 is 24.7. The fourth-order valence-electron chi connectivity index (χ4n) is 3.30. The normalized spacial score (nSPS) is 20.3. The predicted molar refractivity (Wildman–Crippen MR) is 84.2 cm³/mol. The first-order chi connectivity index (χ1) is 12.4. The molecule has 1 aromatic carbocycles. The second kappa shape index (κ2) is 5.18. The Morgan fingerprint density at radius 1 is 1.35 bits per heavy atom. The van der Waals surface area contributed by atoms with Crippen LogP contribution in [0.1, 0.15) is 17.1 Å². The van der Waals surface area contributed by atoms with Crippen molar-refractivity contribution in [1.29, 1.82) is 5.26 Å². The van der Waals surface area contributed by atoms with Gasteiger partial charge in [0, 0.05) is 17.3 Å². The summed E-state index contributed by atoms with van der Waals surface area (Å²) in [4.78, 5) is 25.3. The summed E-state index contributed by atoms with van der Waals surface area (Å²) in [6, 6.07) is 6.30. The molecule has 4 N–H and O–H groups in total. The Labute approximate surface area is 144 Å². The molecular weight excluding hydrogens is 345 g/mol. The number of halogens is 1. The number of rotatable bonds is 1. The zero-order valence-electron chi connectivity index (χ0n) is 13.0. The number of aliphatic hydroxyl groups excluding tert-OH is 1. The molecule has 0 bridgehead atoms. The van der Waals surface area contributed by atoms with Crippen LogP contribution in [0.15, 0.2) is 44.9 Å². The number of aliphatic hydroxyl groups is 1. The SMILES string of the molecule is N#CC1=C(N)Oc2c(oc(CO)cc2=O)C12C(=O)Nc1ccc(F)cc12. The minimum atomic E-state index is -1.99. The Kier molecular flexibility index (Phi) is 3.16. The summed E-state index contributed by atoms with van der Waals surface area (Å²) in [5.74, 6) is -2.75. The van der Waals surface area contributed by atoms with E-state index in [-0.39, 0.29) is 28.3 Å². The van der Waals surface area contributed by atoms with E-state index in [1.54, 1.807) is 6.07 Å². The summed E-state index contributed by atoms with van der Waals surface area (Å²) >= 11 is 0. The molecule has 1 spiro atoms. The van der Waals surface area contributed by atoms with Crippen LogP contribution in [0.5, 0.6) is 5.75 Å². The number of nitrogens with two attached hydrogens (primary N) is 1. The topological polar surface area (TPSA) is 139 Å². The molecule has 8 nitrogen and oxygen atoms in total. The van der Waals surface area contributed by atoms with E-state index in [0.717, 1.165) is 18.2 Å². The van der Waals surface area contributed by atoms with Crippen LogP contribution in [0.4, 0.5) is 10.1 Å². The van der Waals surface area contributed by atoms with E-state index in [1.165, 1.54) is 6.07 Å². The number of nitriles is 1. The molecule has 0 saturated carbocycles. The average molecular weight is 355 g/mol. The van der Waals surface area contributed by atoms with Gasteiger partial charge in [0.05, 0.1) is 0 Å². The van der Waals surface area contributed by atoms with Crippen LogP contribution in [0.3, 0.4) is 0 Å². The van der Waals surface area contributed by atoms with Crippen molar-refractivity contribution in [3.05, 3.63) is 68.8 Å². The maximum Gasteiger partial charge on any atom is 0.248 e. The van der Waals surface area contributed by atoms with Crippen molar-refractivity contribution >= 4 is 11.6 Å². The first-order valence-corrected chi connectivity index (χ1v) is 7.41. The van der Waals surface area contributed by atoms with Crippen LogP contribution in [-0.2, 0) is 16.8 Å². The number of hydrogen-bond donors (Lipinski definition) is 3. The largest absolute Gasteiger partial charge is 0.457 e. The summed E-state index contributed by atoms with van der Waals surface area (Å²) in [6.45, 7) is -0.628. The second-order valence-corrected chi connectivity index (χ2v) is 5.74. The van der Waals surface area contributed by atoms with Crippen LogP contribution in [-0.4, -0.2) is 11.0 Å². The van der Waals surface area contributed by atoms with Gasteiger partial charge < -0.3 is 25.3 Å².